The van der Waals surface area contributed by atoms with E-state index < -0.39 is 27.6 Å². The van der Waals surface area contributed by atoms with E-state index in [4.69, 9.17) is 55.9 Å². The van der Waals surface area contributed by atoms with Crippen molar-refractivity contribution in [2.45, 2.75) is 41.4 Å². The monoisotopic (exact) mass is 348 g/mol. The van der Waals surface area contributed by atoms with Gasteiger partial charge < -0.3 is 14.6 Å². The van der Waals surface area contributed by atoms with E-state index in [2.05, 4.69) is 0 Å². The summed E-state index contributed by atoms with van der Waals surface area (Å²) in [4.78, 5) is -2.77. The highest BCUT2D eigenvalue weighted by Gasteiger charge is 2.84. The first-order chi connectivity index (χ1) is 8.79. The largest absolute Gasteiger partial charge is 0.390 e. The molecule has 3 nitrogen and oxygen atoms in total. The van der Waals surface area contributed by atoms with Gasteiger partial charge in [0.2, 0.25) is 5.79 Å². The summed E-state index contributed by atoms with van der Waals surface area (Å²) in [5, 5.41) is 10.9. The lowest BCUT2D eigenvalue weighted by molar-refractivity contribution is -0.222. The molecule has 0 radical (unpaired) electrons. The van der Waals surface area contributed by atoms with Crippen LogP contribution in [0.2, 0.25) is 0 Å². The van der Waals surface area contributed by atoms with Gasteiger partial charge in [-0.3, -0.25) is 0 Å². The van der Waals surface area contributed by atoms with Gasteiger partial charge >= 0.3 is 0 Å². The molecule has 0 unspecified atom stereocenters. The lowest BCUT2D eigenvalue weighted by Gasteiger charge is -2.40. The molecule has 0 spiro atoms. The number of ether oxygens (including phenoxy) is 2. The second-order valence-corrected chi connectivity index (χ2v) is 6.86. The van der Waals surface area contributed by atoms with Crippen molar-refractivity contribution in [1.82, 2.24) is 0 Å². The first kappa shape index (κ1) is 16.2. The standard InChI is InChI=1S/C12H16Cl4O3/c1-4-5-6-9(17)11(16)8(14)7(13)10(6,15)12(11,18-2)19-3/h6,9,17H,4-5H2,1-3H3/t6-,9+,10-,11-/m1/s1. The second kappa shape index (κ2) is 4.91. The van der Waals surface area contributed by atoms with Gasteiger partial charge in [-0.1, -0.05) is 36.5 Å². The number of rotatable bonds is 4. The highest BCUT2D eigenvalue weighted by molar-refractivity contribution is 6.52. The minimum absolute atomic E-state index is 0.0920. The third kappa shape index (κ3) is 1.48. The normalized spacial score (nSPS) is 44.2. The number of alkyl halides is 2. The second-order valence-electron chi connectivity index (χ2n) is 4.92. The van der Waals surface area contributed by atoms with E-state index in [-0.39, 0.29) is 10.1 Å². The summed E-state index contributed by atoms with van der Waals surface area (Å²) in [5.41, 5.74) is 0. The van der Waals surface area contributed by atoms with E-state index in [1.165, 1.54) is 14.2 Å². The van der Waals surface area contributed by atoms with Crippen LogP contribution in [0.1, 0.15) is 19.8 Å². The number of aliphatic hydroxyl groups excluding tert-OH is 1. The Morgan fingerprint density at radius 2 is 1.58 bits per heavy atom. The summed E-state index contributed by atoms with van der Waals surface area (Å²) < 4.78 is 10.9. The summed E-state index contributed by atoms with van der Waals surface area (Å²) in [6.45, 7) is 1.99. The quantitative estimate of drug-likeness (QED) is 0.624. The Morgan fingerprint density at radius 3 is 1.95 bits per heavy atom. The zero-order valence-electron chi connectivity index (χ0n) is 10.8. The van der Waals surface area contributed by atoms with E-state index in [1.54, 1.807) is 0 Å². The van der Waals surface area contributed by atoms with Gasteiger partial charge in [-0.25, -0.2) is 0 Å². The molecule has 110 valence electrons. The highest BCUT2D eigenvalue weighted by Crippen LogP contribution is 2.72. The van der Waals surface area contributed by atoms with Gasteiger partial charge in [0.1, 0.15) is 4.87 Å². The lowest BCUT2D eigenvalue weighted by atomic mass is 9.86. The number of hydrogen-bond acceptors (Lipinski definition) is 3. The van der Waals surface area contributed by atoms with Crippen LogP contribution < -0.4 is 0 Å². The maximum absolute atomic E-state index is 10.6. The maximum Gasteiger partial charge on any atom is 0.220 e. The third-order valence-electron chi connectivity index (χ3n) is 4.26. The van der Waals surface area contributed by atoms with Crippen LogP contribution in [-0.2, 0) is 9.47 Å². The zero-order valence-corrected chi connectivity index (χ0v) is 13.9. The predicted molar refractivity (Wildman–Crippen MR) is 77.1 cm³/mol. The summed E-state index contributed by atoms with van der Waals surface area (Å²) in [6.07, 6.45) is 0.448. The van der Waals surface area contributed by atoms with Crippen LogP contribution in [0.5, 0.6) is 0 Å². The fourth-order valence-electron chi connectivity index (χ4n) is 3.44. The third-order valence-corrected chi connectivity index (χ3v) is 6.91. The van der Waals surface area contributed by atoms with Crippen LogP contribution in [0.3, 0.4) is 0 Å². The van der Waals surface area contributed by atoms with Crippen LogP contribution in [0.15, 0.2) is 10.1 Å². The topological polar surface area (TPSA) is 38.7 Å². The van der Waals surface area contributed by atoms with E-state index in [0.717, 1.165) is 6.42 Å². The zero-order chi connectivity index (χ0) is 14.6. The molecule has 0 amide bonds. The summed E-state index contributed by atoms with van der Waals surface area (Å²) >= 11 is 25.8. The molecular weight excluding hydrogens is 334 g/mol. The Labute approximate surface area is 132 Å². The Kier molecular flexibility index (Phi) is 4.17. The van der Waals surface area contributed by atoms with Crippen molar-refractivity contribution in [3.05, 3.63) is 10.1 Å². The number of hydrogen-bond donors (Lipinski definition) is 1. The van der Waals surface area contributed by atoms with Crippen LogP contribution in [0.25, 0.3) is 0 Å². The van der Waals surface area contributed by atoms with Crippen molar-refractivity contribution in [3.8, 4) is 0 Å². The number of fused-ring (bicyclic) bond motifs is 2. The number of halogens is 4. The molecule has 1 saturated carbocycles. The summed E-state index contributed by atoms with van der Waals surface area (Å²) in [7, 11) is 2.83. The van der Waals surface area contributed by atoms with Crippen molar-refractivity contribution >= 4 is 46.4 Å². The molecule has 4 atom stereocenters. The Balaban J connectivity index is 2.70. The van der Waals surface area contributed by atoms with Crippen LogP contribution in [0, 0.1) is 5.92 Å². The molecule has 7 heteroatoms. The molecule has 19 heavy (non-hydrogen) atoms. The van der Waals surface area contributed by atoms with Gasteiger partial charge in [-0.05, 0) is 6.42 Å². The minimum Gasteiger partial charge on any atom is -0.390 e. The summed E-state index contributed by atoms with van der Waals surface area (Å²) in [5.74, 6) is -1.89. The van der Waals surface area contributed by atoms with Gasteiger partial charge in [0.25, 0.3) is 0 Å². The maximum atomic E-state index is 10.6. The first-order valence-corrected chi connectivity index (χ1v) is 7.53. The van der Waals surface area contributed by atoms with Gasteiger partial charge in [0, 0.05) is 20.1 Å². The molecule has 1 fully saturated rings. The highest BCUT2D eigenvalue weighted by atomic mass is 35.5. The molecule has 1 N–H and O–H groups in total. The molecule has 2 bridgehead atoms. The van der Waals surface area contributed by atoms with Gasteiger partial charge in [0.05, 0.1) is 16.2 Å². The first-order valence-electron chi connectivity index (χ1n) is 6.01. The fraction of sp³-hybridized carbons (Fsp3) is 0.833. The van der Waals surface area contributed by atoms with Gasteiger partial charge in [-0.2, -0.15) is 0 Å². The van der Waals surface area contributed by atoms with E-state index in [1.807, 2.05) is 6.92 Å². The molecule has 2 aliphatic rings. The Hall–Kier alpha value is 0.780. The predicted octanol–water partition coefficient (Wildman–Crippen LogP) is 3.42. The average Bonchev–Trinajstić information content (AvgIpc) is 2.63. The van der Waals surface area contributed by atoms with Gasteiger partial charge in [-0.15, -0.1) is 23.2 Å². The summed E-state index contributed by atoms with van der Waals surface area (Å²) in [6, 6.07) is 0. The fourth-order valence-corrected chi connectivity index (χ4v) is 5.56. The van der Waals surface area contributed by atoms with Crippen molar-refractivity contribution in [3.63, 3.8) is 0 Å². The van der Waals surface area contributed by atoms with Gasteiger partial charge in [0.15, 0.2) is 4.87 Å². The minimum atomic E-state index is -1.49. The van der Waals surface area contributed by atoms with Crippen molar-refractivity contribution < 1.29 is 14.6 Å². The molecule has 0 heterocycles. The molecule has 0 aromatic rings. The Morgan fingerprint density at radius 1 is 1.11 bits per heavy atom. The van der Waals surface area contributed by atoms with E-state index >= 15 is 0 Å². The van der Waals surface area contributed by atoms with E-state index in [9.17, 15) is 5.11 Å². The van der Waals surface area contributed by atoms with Crippen molar-refractivity contribution in [2.24, 2.45) is 5.92 Å². The molecular formula is C12H16Cl4O3. The number of aliphatic hydroxyl groups is 1. The number of methoxy groups -OCH3 is 2. The molecule has 0 aromatic carbocycles. The lowest BCUT2D eigenvalue weighted by Crippen LogP contribution is -2.58. The van der Waals surface area contributed by atoms with E-state index in [0.29, 0.717) is 6.42 Å². The van der Waals surface area contributed by atoms with Crippen LogP contribution >= 0.6 is 46.4 Å². The Bertz CT molecular complexity index is 423. The van der Waals surface area contributed by atoms with Crippen molar-refractivity contribution in [1.29, 1.82) is 0 Å². The smallest absolute Gasteiger partial charge is 0.220 e. The molecule has 0 aliphatic heterocycles. The SMILES string of the molecule is CCC[C@@H]1[C@H](O)[C@]2(Cl)C(Cl)=C(Cl)[C@@]1(Cl)C2(OC)OC. The molecule has 2 aliphatic carbocycles. The average molecular weight is 350 g/mol. The van der Waals surface area contributed by atoms with Crippen molar-refractivity contribution in [2.75, 3.05) is 14.2 Å². The van der Waals surface area contributed by atoms with Crippen LogP contribution in [0.4, 0.5) is 0 Å². The molecule has 2 rings (SSSR count). The van der Waals surface area contributed by atoms with Crippen LogP contribution in [-0.4, -0.2) is 41.0 Å². The molecule has 0 aromatic heterocycles. The molecule has 0 saturated heterocycles.